The quantitative estimate of drug-likeness (QED) is 0.790. The lowest BCUT2D eigenvalue weighted by molar-refractivity contribution is 0.0791. The predicted molar refractivity (Wildman–Crippen MR) is 93.7 cm³/mol. The standard InChI is InChI=1S/C20H18FN3O/c21-18-8-4-3-5-15(18)14-9-12-24(13-14)20(25)17-7-2-1-6-16(17)19-22-10-11-23-19/h1-8,10-11,14H,9,12-13H2,(H,22,23). The normalized spacial score (nSPS) is 17.0. The van der Waals surface area contributed by atoms with Crippen molar-refractivity contribution in [3.8, 4) is 11.4 Å². The summed E-state index contributed by atoms with van der Waals surface area (Å²) in [6.07, 6.45) is 4.18. The number of rotatable bonds is 3. The average Bonchev–Trinajstić information content (AvgIpc) is 3.34. The van der Waals surface area contributed by atoms with Crippen LogP contribution in [0, 0.1) is 5.82 Å². The molecule has 1 aliphatic heterocycles. The molecule has 1 N–H and O–H groups in total. The number of nitrogens with one attached hydrogen (secondary N) is 1. The van der Waals surface area contributed by atoms with Gasteiger partial charge in [-0.05, 0) is 24.1 Å². The third-order valence-electron chi connectivity index (χ3n) is 4.73. The minimum Gasteiger partial charge on any atom is -0.345 e. The molecule has 1 amide bonds. The van der Waals surface area contributed by atoms with Crippen molar-refractivity contribution in [3.63, 3.8) is 0 Å². The van der Waals surface area contributed by atoms with Crippen LogP contribution in [0.4, 0.5) is 4.39 Å². The zero-order valence-corrected chi connectivity index (χ0v) is 13.7. The van der Waals surface area contributed by atoms with Crippen molar-refractivity contribution in [2.24, 2.45) is 0 Å². The summed E-state index contributed by atoms with van der Waals surface area (Å²) in [6.45, 7) is 1.16. The molecule has 5 heteroatoms. The van der Waals surface area contributed by atoms with Crippen LogP contribution in [0.3, 0.4) is 0 Å². The van der Waals surface area contributed by atoms with Crippen molar-refractivity contribution < 1.29 is 9.18 Å². The molecule has 0 spiro atoms. The third kappa shape index (κ3) is 2.93. The van der Waals surface area contributed by atoms with E-state index >= 15 is 0 Å². The number of halogens is 1. The molecular formula is C20H18FN3O. The molecule has 3 aromatic rings. The van der Waals surface area contributed by atoms with E-state index in [0.717, 1.165) is 12.0 Å². The fraction of sp³-hybridized carbons (Fsp3) is 0.200. The monoisotopic (exact) mass is 335 g/mol. The average molecular weight is 335 g/mol. The zero-order valence-electron chi connectivity index (χ0n) is 13.7. The number of hydrogen-bond donors (Lipinski definition) is 1. The SMILES string of the molecule is O=C(c1ccccc1-c1ncc[nH]1)N1CCC(c2ccccc2F)C1. The van der Waals surface area contributed by atoms with Crippen LogP contribution < -0.4 is 0 Å². The number of H-pyrrole nitrogens is 1. The van der Waals surface area contributed by atoms with E-state index in [9.17, 15) is 9.18 Å². The van der Waals surface area contributed by atoms with Crippen LogP contribution in [0.15, 0.2) is 60.9 Å². The smallest absolute Gasteiger partial charge is 0.254 e. The number of aromatic amines is 1. The number of likely N-dealkylation sites (tertiary alicyclic amines) is 1. The molecular weight excluding hydrogens is 317 g/mol. The first-order valence-electron chi connectivity index (χ1n) is 8.36. The second kappa shape index (κ2) is 6.51. The van der Waals surface area contributed by atoms with Crippen molar-refractivity contribution >= 4 is 5.91 Å². The summed E-state index contributed by atoms with van der Waals surface area (Å²) in [6, 6.07) is 14.3. The fourth-order valence-corrected chi connectivity index (χ4v) is 3.46. The maximum atomic E-state index is 14.0. The van der Waals surface area contributed by atoms with Crippen LogP contribution in [0.1, 0.15) is 28.3 Å². The molecule has 0 saturated carbocycles. The van der Waals surface area contributed by atoms with Gasteiger partial charge in [-0.3, -0.25) is 4.79 Å². The van der Waals surface area contributed by atoms with Crippen molar-refractivity contribution in [1.82, 2.24) is 14.9 Å². The lowest BCUT2D eigenvalue weighted by atomic mass is 9.98. The van der Waals surface area contributed by atoms with Crippen molar-refractivity contribution in [2.75, 3.05) is 13.1 Å². The second-order valence-corrected chi connectivity index (χ2v) is 6.24. The molecule has 0 radical (unpaired) electrons. The Morgan fingerprint density at radius 2 is 1.96 bits per heavy atom. The Bertz CT molecular complexity index is 891. The highest BCUT2D eigenvalue weighted by Gasteiger charge is 2.30. The molecule has 1 unspecified atom stereocenters. The van der Waals surface area contributed by atoms with Crippen LogP contribution in [-0.2, 0) is 0 Å². The molecule has 4 nitrogen and oxygen atoms in total. The van der Waals surface area contributed by atoms with Crippen LogP contribution in [0.5, 0.6) is 0 Å². The van der Waals surface area contributed by atoms with Gasteiger partial charge in [-0.1, -0.05) is 36.4 Å². The highest BCUT2D eigenvalue weighted by atomic mass is 19.1. The van der Waals surface area contributed by atoms with Gasteiger partial charge in [0.1, 0.15) is 11.6 Å². The van der Waals surface area contributed by atoms with Gasteiger partial charge in [0.25, 0.3) is 5.91 Å². The molecule has 1 saturated heterocycles. The van der Waals surface area contributed by atoms with E-state index < -0.39 is 0 Å². The maximum absolute atomic E-state index is 14.0. The molecule has 2 heterocycles. The number of imidazole rings is 1. The third-order valence-corrected chi connectivity index (χ3v) is 4.73. The van der Waals surface area contributed by atoms with Gasteiger partial charge in [-0.25, -0.2) is 9.37 Å². The summed E-state index contributed by atoms with van der Waals surface area (Å²) in [5.41, 5.74) is 2.09. The van der Waals surface area contributed by atoms with E-state index in [1.165, 1.54) is 6.07 Å². The van der Waals surface area contributed by atoms with Gasteiger partial charge in [-0.2, -0.15) is 0 Å². The molecule has 0 aliphatic carbocycles. The Morgan fingerprint density at radius 1 is 1.16 bits per heavy atom. The number of hydrogen-bond acceptors (Lipinski definition) is 2. The van der Waals surface area contributed by atoms with Gasteiger partial charge in [0.05, 0.1) is 5.56 Å². The van der Waals surface area contributed by atoms with Crippen LogP contribution in [0.2, 0.25) is 0 Å². The topological polar surface area (TPSA) is 49.0 Å². The number of carbonyl (C=O) groups excluding carboxylic acids is 1. The van der Waals surface area contributed by atoms with Crippen LogP contribution >= 0.6 is 0 Å². The van der Waals surface area contributed by atoms with E-state index in [4.69, 9.17) is 0 Å². The Hall–Kier alpha value is -2.95. The van der Waals surface area contributed by atoms with Gasteiger partial charge in [0.15, 0.2) is 0 Å². The van der Waals surface area contributed by atoms with Crippen molar-refractivity contribution in [3.05, 3.63) is 77.9 Å². The Labute approximate surface area is 145 Å². The molecule has 4 rings (SSSR count). The highest BCUT2D eigenvalue weighted by molar-refractivity contribution is 6.00. The molecule has 0 bridgehead atoms. The number of nitrogens with zero attached hydrogens (tertiary/aromatic N) is 2. The first-order valence-corrected chi connectivity index (χ1v) is 8.36. The number of benzene rings is 2. The summed E-state index contributed by atoms with van der Waals surface area (Å²) in [7, 11) is 0. The highest BCUT2D eigenvalue weighted by Crippen LogP contribution is 2.31. The van der Waals surface area contributed by atoms with Gasteiger partial charge in [0, 0.05) is 37.0 Å². The first-order chi connectivity index (χ1) is 12.2. The summed E-state index contributed by atoms with van der Waals surface area (Å²) in [5, 5.41) is 0. The minimum atomic E-state index is -0.196. The van der Waals surface area contributed by atoms with Crippen molar-refractivity contribution in [1.29, 1.82) is 0 Å². The summed E-state index contributed by atoms with van der Waals surface area (Å²) < 4.78 is 14.0. The molecule has 25 heavy (non-hydrogen) atoms. The zero-order chi connectivity index (χ0) is 17.2. The molecule has 1 aromatic heterocycles. The lowest BCUT2D eigenvalue weighted by Crippen LogP contribution is -2.29. The molecule has 1 fully saturated rings. The van der Waals surface area contributed by atoms with Gasteiger partial charge < -0.3 is 9.88 Å². The lowest BCUT2D eigenvalue weighted by Gasteiger charge is -2.18. The number of aromatic nitrogens is 2. The Kier molecular flexibility index (Phi) is 4.06. The van der Waals surface area contributed by atoms with Gasteiger partial charge in [-0.15, -0.1) is 0 Å². The molecule has 2 aromatic carbocycles. The molecule has 1 aliphatic rings. The first kappa shape index (κ1) is 15.6. The van der Waals surface area contributed by atoms with E-state index in [-0.39, 0.29) is 17.6 Å². The number of carbonyl (C=O) groups is 1. The van der Waals surface area contributed by atoms with E-state index in [2.05, 4.69) is 9.97 Å². The molecule has 126 valence electrons. The summed E-state index contributed by atoms with van der Waals surface area (Å²) in [5.74, 6) is 0.485. The predicted octanol–water partition coefficient (Wildman–Crippen LogP) is 3.85. The van der Waals surface area contributed by atoms with E-state index in [0.29, 0.717) is 30.0 Å². The minimum absolute atomic E-state index is 0.0363. The Morgan fingerprint density at radius 3 is 2.76 bits per heavy atom. The van der Waals surface area contributed by atoms with Crippen LogP contribution in [0.25, 0.3) is 11.4 Å². The second-order valence-electron chi connectivity index (χ2n) is 6.24. The van der Waals surface area contributed by atoms with Crippen LogP contribution in [-0.4, -0.2) is 33.9 Å². The maximum Gasteiger partial charge on any atom is 0.254 e. The van der Waals surface area contributed by atoms with E-state index in [1.807, 2.05) is 36.4 Å². The summed E-state index contributed by atoms with van der Waals surface area (Å²) >= 11 is 0. The Balaban J connectivity index is 1.58. The summed E-state index contributed by atoms with van der Waals surface area (Å²) in [4.78, 5) is 22.1. The van der Waals surface area contributed by atoms with Crippen molar-refractivity contribution in [2.45, 2.75) is 12.3 Å². The number of amides is 1. The van der Waals surface area contributed by atoms with Gasteiger partial charge >= 0.3 is 0 Å². The van der Waals surface area contributed by atoms with Gasteiger partial charge in [0.2, 0.25) is 0 Å². The fourth-order valence-electron chi connectivity index (χ4n) is 3.46. The van der Waals surface area contributed by atoms with E-state index in [1.54, 1.807) is 23.4 Å². The largest absolute Gasteiger partial charge is 0.345 e. The molecule has 1 atom stereocenters.